The summed E-state index contributed by atoms with van der Waals surface area (Å²) >= 11 is 0. The summed E-state index contributed by atoms with van der Waals surface area (Å²) in [7, 11) is -0.855. The van der Waals surface area contributed by atoms with E-state index >= 15 is 0 Å². The summed E-state index contributed by atoms with van der Waals surface area (Å²) in [5.41, 5.74) is 0. The molecule has 0 aromatic carbocycles. The minimum atomic E-state index is -2.81. The fourth-order valence-corrected chi connectivity index (χ4v) is 4.48. The van der Waals surface area contributed by atoms with Gasteiger partial charge in [-0.15, -0.1) is 0 Å². The number of rotatable bonds is 6. The van der Waals surface area contributed by atoms with Gasteiger partial charge in [0.05, 0.1) is 5.75 Å². The summed E-state index contributed by atoms with van der Waals surface area (Å²) in [6.07, 6.45) is 8.95. The number of sulfone groups is 1. The van der Waals surface area contributed by atoms with E-state index in [1.807, 2.05) is 7.05 Å². The van der Waals surface area contributed by atoms with E-state index in [0.29, 0.717) is 11.8 Å². The van der Waals surface area contributed by atoms with Crippen molar-refractivity contribution in [3.05, 3.63) is 0 Å². The van der Waals surface area contributed by atoms with Crippen molar-refractivity contribution in [1.82, 2.24) is 5.32 Å². The third-order valence-corrected chi connectivity index (χ3v) is 5.69. The van der Waals surface area contributed by atoms with E-state index in [-0.39, 0.29) is 0 Å². The normalized spacial score (nSPS) is 34.1. The fourth-order valence-electron chi connectivity index (χ4n) is 3.77. The van der Waals surface area contributed by atoms with Crippen LogP contribution in [0.3, 0.4) is 0 Å². The molecule has 0 aliphatic heterocycles. The zero-order valence-electron chi connectivity index (χ0n) is 11.0. The van der Waals surface area contributed by atoms with Crippen LogP contribution >= 0.6 is 0 Å². The Balaban J connectivity index is 1.79. The van der Waals surface area contributed by atoms with Crippen LogP contribution in [0.15, 0.2) is 0 Å². The lowest BCUT2D eigenvalue weighted by Crippen LogP contribution is -2.31. The quantitative estimate of drug-likeness (QED) is 0.791. The highest BCUT2D eigenvalue weighted by molar-refractivity contribution is 7.90. The van der Waals surface area contributed by atoms with Gasteiger partial charge in [0.25, 0.3) is 0 Å². The maximum Gasteiger partial charge on any atom is 0.147 e. The van der Waals surface area contributed by atoms with E-state index in [4.69, 9.17) is 0 Å². The highest BCUT2D eigenvalue weighted by Crippen LogP contribution is 2.49. The van der Waals surface area contributed by atoms with Gasteiger partial charge in [-0.1, -0.05) is 6.42 Å². The molecule has 0 saturated heterocycles. The topological polar surface area (TPSA) is 46.2 Å². The highest BCUT2D eigenvalue weighted by atomic mass is 32.2. The van der Waals surface area contributed by atoms with Crippen LogP contribution in [0.1, 0.15) is 38.5 Å². The number of hydrogen-bond donors (Lipinski definition) is 1. The summed E-state index contributed by atoms with van der Waals surface area (Å²) in [4.78, 5) is 0. The molecule has 2 saturated carbocycles. The maximum absolute atomic E-state index is 11.2. The number of nitrogens with one attached hydrogen (secondary N) is 1. The first-order chi connectivity index (χ1) is 7.98. The summed E-state index contributed by atoms with van der Waals surface area (Å²) in [5, 5.41) is 3.30. The molecule has 0 radical (unpaired) electrons. The van der Waals surface area contributed by atoms with Crippen molar-refractivity contribution in [2.24, 2.45) is 17.8 Å². The van der Waals surface area contributed by atoms with Gasteiger partial charge in [-0.2, -0.15) is 0 Å². The van der Waals surface area contributed by atoms with Crippen molar-refractivity contribution >= 4 is 9.84 Å². The van der Waals surface area contributed by atoms with Gasteiger partial charge < -0.3 is 5.32 Å². The molecule has 4 heteroatoms. The molecule has 2 rings (SSSR count). The van der Waals surface area contributed by atoms with Crippen LogP contribution in [-0.4, -0.2) is 33.5 Å². The molecule has 4 atom stereocenters. The monoisotopic (exact) mass is 259 g/mol. The van der Waals surface area contributed by atoms with Crippen molar-refractivity contribution in [3.8, 4) is 0 Å². The molecule has 0 spiro atoms. The molecule has 0 aromatic heterocycles. The Kier molecular flexibility index (Phi) is 4.14. The average Bonchev–Trinajstić information content (AvgIpc) is 2.84. The van der Waals surface area contributed by atoms with E-state index in [2.05, 4.69) is 5.32 Å². The van der Waals surface area contributed by atoms with Gasteiger partial charge in [0.1, 0.15) is 9.84 Å². The molecule has 2 bridgehead atoms. The van der Waals surface area contributed by atoms with Gasteiger partial charge in [0.2, 0.25) is 0 Å². The Hall–Kier alpha value is -0.0900. The van der Waals surface area contributed by atoms with Crippen molar-refractivity contribution in [3.63, 3.8) is 0 Å². The van der Waals surface area contributed by atoms with Crippen LogP contribution in [-0.2, 0) is 9.84 Å². The summed E-state index contributed by atoms with van der Waals surface area (Å²) < 4.78 is 22.4. The second-order valence-corrected chi connectivity index (χ2v) is 8.33. The van der Waals surface area contributed by atoms with Crippen molar-refractivity contribution < 1.29 is 8.42 Å². The van der Waals surface area contributed by atoms with Crippen molar-refractivity contribution in [2.45, 2.75) is 44.6 Å². The van der Waals surface area contributed by atoms with E-state index < -0.39 is 9.84 Å². The lowest BCUT2D eigenvalue weighted by atomic mass is 9.84. The second kappa shape index (κ2) is 5.27. The lowest BCUT2D eigenvalue weighted by Gasteiger charge is -2.26. The summed E-state index contributed by atoms with van der Waals surface area (Å²) in [6.45, 7) is 0. The predicted octanol–water partition coefficient (Wildman–Crippen LogP) is 1.84. The molecule has 2 aliphatic carbocycles. The third kappa shape index (κ3) is 3.68. The van der Waals surface area contributed by atoms with Gasteiger partial charge in [-0.05, 0) is 56.9 Å². The summed E-state index contributed by atoms with van der Waals surface area (Å²) in [5.74, 6) is 3.09. The molecule has 2 aliphatic rings. The average molecular weight is 259 g/mol. The molecule has 17 heavy (non-hydrogen) atoms. The minimum absolute atomic E-state index is 0.319. The standard InChI is InChI=1S/C13H25NO2S/c1-14-13(5-6-17(2,15)16)9-12-8-10-3-4-11(12)7-10/h10-14H,3-9H2,1-2H3. The maximum atomic E-state index is 11.2. The van der Waals surface area contributed by atoms with Crippen molar-refractivity contribution in [1.29, 1.82) is 0 Å². The largest absolute Gasteiger partial charge is 0.317 e. The van der Waals surface area contributed by atoms with Crippen molar-refractivity contribution in [2.75, 3.05) is 19.1 Å². The Bertz CT molecular complexity index is 352. The van der Waals surface area contributed by atoms with Gasteiger partial charge in [-0.3, -0.25) is 0 Å². The van der Waals surface area contributed by atoms with E-state index in [9.17, 15) is 8.42 Å². The van der Waals surface area contributed by atoms with Crippen LogP contribution < -0.4 is 5.32 Å². The van der Waals surface area contributed by atoms with Crippen LogP contribution in [0, 0.1) is 17.8 Å². The van der Waals surface area contributed by atoms with Crippen LogP contribution in [0.25, 0.3) is 0 Å². The molecule has 4 unspecified atom stereocenters. The number of fused-ring (bicyclic) bond motifs is 2. The third-order valence-electron chi connectivity index (χ3n) is 4.72. The first-order valence-electron chi connectivity index (χ1n) is 6.83. The zero-order chi connectivity index (χ0) is 12.5. The zero-order valence-corrected chi connectivity index (χ0v) is 11.8. The molecule has 0 heterocycles. The lowest BCUT2D eigenvalue weighted by molar-refractivity contribution is 0.280. The fraction of sp³-hybridized carbons (Fsp3) is 1.00. The van der Waals surface area contributed by atoms with Gasteiger partial charge >= 0.3 is 0 Å². The SMILES string of the molecule is CNC(CCS(C)(=O)=O)CC1CC2CCC1C2. The van der Waals surface area contributed by atoms with Crippen LogP contribution in [0.4, 0.5) is 0 Å². The first kappa shape index (κ1) is 13.3. The van der Waals surface area contributed by atoms with Crippen LogP contribution in [0.2, 0.25) is 0 Å². The highest BCUT2D eigenvalue weighted by Gasteiger charge is 2.39. The van der Waals surface area contributed by atoms with E-state index in [1.165, 1.54) is 38.4 Å². The Labute approximate surface area is 105 Å². The molecule has 0 amide bonds. The molecular weight excluding hydrogens is 234 g/mol. The molecule has 2 fully saturated rings. The van der Waals surface area contributed by atoms with E-state index in [1.54, 1.807) is 0 Å². The van der Waals surface area contributed by atoms with Crippen LogP contribution in [0.5, 0.6) is 0 Å². The molecule has 1 N–H and O–H groups in total. The molecule has 3 nitrogen and oxygen atoms in total. The van der Waals surface area contributed by atoms with E-state index in [0.717, 1.165) is 24.2 Å². The molecule has 100 valence electrons. The first-order valence-corrected chi connectivity index (χ1v) is 8.89. The van der Waals surface area contributed by atoms with Gasteiger partial charge in [-0.25, -0.2) is 8.42 Å². The summed E-state index contributed by atoms with van der Waals surface area (Å²) in [6, 6.07) is 0.383. The molecular formula is C13H25NO2S. The smallest absolute Gasteiger partial charge is 0.147 e. The van der Waals surface area contributed by atoms with Gasteiger partial charge in [0.15, 0.2) is 0 Å². The minimum Gasteiger partial charge on any atom is -0.317 e. The second-order valence-electron chi connectivity index (χ2n) is 6.07. The molecule has 0 aromatic rings. The van der Waals surface area contributed by atoms with Gasteiger partial charge in [0, 0.05) is 12.3 Å². The predicted molar refractivity (Wildman–Crippen MR) is 70.7 cm³/mol. The Morgan fingerprint density at radius 1 is 1.29 bits per heavy atom. The number of hydrogen-bond acceptors (Lipinski definition) is 3. The Morgan fingerprint density at radius 3 is 2.53 bits per heavy atom. The Morgan fingerprint density at radius 2 is 2.06 bits per heavy atom.